The lowest BCUT2D eigenvalue weighted by Crippen LogP contribution is -2.49. The minimum absolute atomic E-state index is 0. The quantitative estimate of drug-likeness (QED) is 0.786. The number of nitrogens with one attached hydrogen (secondary N) is 2. The van der Waals surface area contributed by atoms with Crippen molar-refractivity contribution >= 4 is 18.3 Å². The average Bonchev–Trinajstić information content (AvgIpc) is 2.49. The Kier molecular flexibility index (Phi) is 7.45. The second-order valence-corrected chi connectivity index (χ2v) is 5.46. The third-order valence-electron chi connectivity index (χ3n) is 4.12. The number of halogens is 1. The van der Waals surface area contributed by atoms with Crippen molar-refractivity contribution < 1.29 is 19.0 Å². The van der Waals surface area contributed by atoms with Crippen LogP contribution >= 0.6 is 12.4 Å². The number of methoxy groups -OCH3 is 3. The second kappa shape index (κ2) is 8.84. The van der Waals surface area contributed by atoms with E-state index in [0.29, 0.717) is 29.7 Å². The molecule has 1 aliphatic rings. The zero-order valence-electron chi connectivity index (χ0n) is 14.0. The fourth-order valence-electron chi connectivity index (χ4n) is 2.47. The van der Waals surface area contributed by atoms with Crippen molar-refractivity contribution in [3.63, 3.8) is 0 Å². The van der Waals surface area contributed by atoms with E-state index in [4.69, 9.17) is 14.2 Å². The SMILES string of the molecule is COc1cc(CNC(=O)C(C)C2CNC2)cc(OC)c1OC.Cl. The molecular formula is C16H25ClN2O4. The molecule has 0 radical (unpaired) electrons. The van der Waals surface area contributed by atoms with E-state index >= 15 is 0 Å². The Bertz CT molecular complexity index is 510. The number of carbonyl (C=O) groups is 1. The molecule has 1 amide bonds. The smallest absolute Gasteiger partial charge is 0.223 e. The van der Waals surface area contributed by atoms with E-state index in [1.54, 1.807) is 21.3 Å². The standard InChI is InChI=1S/C16H24N2O4.ClH/c1-10(12-8-17-9-12)16(19)18-7-11-5-13(20-2)15(22-4)14(6-11)21-3;/h5-6,10,12,17H,7-9H2,1-4H3,(H,18,19);1H. The molecule has 1 aromatic carbocycles. The third-order valence-corrected chi connectivity index (χ3v) is 4.12. The molecule has 0 aromatic heterocycles. The van der Waals surface area contributed by atoms with Gasteiger partial charge < -0.3 is 24.8 Å². The number of carbonyl (C=O) groups excluding carboxylic acids is 1. The van der Waals surface area contributed by atoms with Gasteiger partial charge in [-0.3, -0.25) is 4.79 Å². The molecule has 1 unspecified atom stereocenters. The first kappa shape index (κ1) is 19.4. The summed E-state index contributed by atoms with van der Waals surface area (Å²) in [5, 5.41) is 6.16. The Labute approximate surface area is 143 Å². The minimum atomic E-state index is 0. The predicted molar refractivity (Wildman–Crippen MR) is 90.7 cm³/mol. The van der Waals surface area contributed by atoms with Gasteiger partial charge in [0.25, 0.3) is 0 Å². The van der Waals surface area contributed by atoms with Gasteiger partial charge in [0, 0.05) is 12.5 Å². The summed E-state index contributed by atoms with van der Waals surface area (Å²) in [4.78, 5) is 12.2. The largest absolute Gasteiger partial charge is 0.493 e. The van der Waals surface area contributed by atoms with Gasteiger partial charge in [0.15, 0.2) is 11.5 Å². The number of benzene rings is 1. The Morgan fingerprint density at radius 1 is 1.22 bits per heavy atom. The second-order valence-electron chi connectivity index (χ2n) is 5.46. The average molecular weight is 345 g/mol. The van der Waals surface area contributed by atoms with Crippen LogP contribution in [0.5, 0.6) is 17.2 Å². The van der Waals surface area contributed by atoms with Gasteiger partial charge in [0.1, 0.15) is 0 Å². The van der Waals surface area contributed by atoms with Crippen molar-refractivity contribution in [2.24, 2.45) is 11.8 Å². The van der Waals surface area contributed by atoms with E-state index in [0.717, 1.165) is 18.7 Å². The first-order chi connectivity index (χ1) is 10.6. The van der Waals surface area contributed by atoms with Gasteiger partial charge in [-0.15, -0.1) is 12.4 Å². The van der Waals surface area contributed by atoms with Crippen LogP contribution in [-0.2, 0) is 11.3 Å². The van der Waals surface area contributed by atoms with Crippen molar-refractivity contribution in [3.8, 4) is 17.2 Å². The molecule has 0 aliphatic carbocycles. The van der Waals surface area contributed by atoms with Crippen LogP contribution in [0.15, 0.2) is 12.1 Å². The molecule has 23 heavy (non-hydrogen) atoms. The van der Waals surface area contributed by atoms with Gasteiger partial charge in [0.05, 0.1) is 21.3 Å². The Morgan fingerprint density at radius 2 is 1.78 bits per heavy atom. The lowest BCUT2D eigenvalue weighted by molar-refractivity contribution is -0.126. The molecule has 1 fully saturated rings. The molecule has 2 rings (SSSR count). The molecule has 0 bridgehead atoms. The van der Waals surface area contributed by atoms with Crippen molar-refractivity contribution in [3.05, 3.63) is 17.7 Å². The third kappa shape index (κ3) is 4.42. The molecule has 130 valence electrons. The summed E-state index contributed by atoms with van der Waals surface area (Å²) in [5.74, 6) is 2.24. The van der Waals surface area contributed by atoms with E-state index in [1.165, 1.54) is 0 Å². The maximum atomic E-state index is 12.2. The topological polar surface area (TPSA) is 68.8 Å². The summed E-state index contributed by atoms with van der Waals surface area (Å²) < 4.78 is 15.9. The van der Waals surface area contributed by atoms with Crippen LogP contribution in [0.25, 0.3) is 0 Å². The van der Waals surface area contributed by atoms with E-state index in [2.05, 4.69) is 10.6 Å². The van der Waals surface area contributed by atoms with Crippen LogP contribution in [0.4, 0.5) is 0 Å². The van der Waals surface area contributed by atoms with Crippen LogP contribution in [0.1, 0.15) is 12.5 Å². The summed E-state index contributed by atoms with van der Waals surface area (Å²) in [6, 6.07) is 3.69. The predicted octanol–water partition coefficient (Wildman–Crippen LogP) is 1.61. The maximum Gasteiger partial charge on any atom is 0.223 e. The minimum Gasteiger partial charge on any atom is -0.493 e. The van der Waals surface area contributed by atoms with Crippen LogP contribution < -0.4 is 24.8 Å². The van der Waals surface area contributed by atoms with Crippen molar-refractivity contribution in [2.45, 2.75) is 13.5 Å². The zero-order valence-corrected chi connectivity index (χ0v) is 14.8. The van der Waals surface area contributed by atoms with Crippen molar-refractivity contribution in [1.82, 2.24) is 10.6 Å². The van der Waals surface area contributed by atoms with Crippen LogP contribution in [0.2, 0.25) is 0 Å². The van der Waals surface area contributed by atoms with Gasteiger partial charge >= 0.3 is 0 Å². The summed E-state index contributed by atoms with van der Waals surface area (Å²) in [7, 11) is 4.72. The number of rotatable bonds is 7. The molecule has 0 saturated carbocycles. The number of ether oxygens (including phenoxy) is 3. The highest BCUT2D eigenvalue weighted by Gasteiger charge is 2.28. The highest BCUT2D eigenvalue weighted by molar-refractivity contribution is 5.85. The maximum absolute atomic E-state index is 12.2. The van der Waals surface area contributed by atoms with Crippen molar-refractivity contribution in [1.29, 1.82) is 0 Å². The number of hydrogen-bond acceptors (Lipinski definition) is 5. The lowest BCUT2D eigenvalue weighted by atomic mass is 9.88. The van der Waals surface area contributed by atoms with Gasteiger partial charge in [-0.05, 0) is 36.7 Å². The highest BCUT2D eigenvalue weighted by atomic mass is 35.5. The number of amides is 1. The first-order valence-corrected chi connectivity index (χ1v) is 7.38. The highest BCUT2D eigenvalue weighted by Crippen LogP contribution is 2.38. The van der Waals surface area contributed by atoms with Crippen LogP contribution in [-0.4, -0.2) is 40.3 Å². The molecule has 2 N–H and O–H groups in total. The lowest BCUT2D eigenvalue weighted by Gasteiger charge is -2.31. The molecule has 1 atom stereocenters. The van der Waals surface area contributed by atoms with Gasteiger partial charge in [-0.25, -0.2) is 0 Å². The van der Waals surface area contributed by atoms with E-state index in [-0.39, 0.29) is 24.2 Å². The Hall–Kier alpha value is -1.66. The summed E-state index contributed by atoms with van der Waals surface area (Å²) in [5.41, 5.74) is 0.904. The van der Waals surface area contributed by atoms with Gasteiger partial charge in [0.2, 0.25) is 11.7 Å². The Balaban J connectivity index is 0.00000264. The Morgan fingerprint density at radius 3 is 2.17 bits per heavy atom. The van der Waals surface area contributed by atoms with E-state index in [1.807, 2.05) is 19.1 Å². The fraction of sp³-hybridized carbons (Fsp3) is 0.562. The molecule has 6 nitrogen and oxygen atoms in total. The molecule has 1 aromatic rings. The molecule has 1 heterocycles. The van der Waals surface area contributed by atoms with Crippen LogP contribution in [0, 0.1) is 11.8 Å². The number of hydrogen-bond donors (Lipinski definition) is 2. The zero-order chi connectivity index (χ0) is 16.1. The van der Waals surface area contributed by atoms with E-state index < -0.39 is 0 Å². The summed E-state index contributed by atoms with van der Waals surface area (Å²) in [6.07, 6.45) is 0. The fourth-order valence-corrected chi connectivity index (χ4v) is 2.47. The van der Waals surface area contributed by atoms with Crippen LogP contribution in [0.3, 0.4) is 0 Å². The van der Waals surface area contributed by atoms with Gasteiger partial charge in [-0.1, -0.05) is 6.92 Å². The van der Waals surface area contributed by atoms with Crippen molar-refractivity contribution in [2.75, 3.05) is 34.4 Å². The molecule has 7 heteroatoms. The summed E-state index contributed by atoms with van der Waals surface area (Å²) >= 11 is 0. The molecule has 1 aliphatic heterocycles. The first-order valence-electron chi connectivity index (χ1n) is 7.38. The summed E-state index contributed by atoms with van der Waals surface area (Å²) in [6.45, 7) is 4.23. The molecule has 1 saturated heterocycles. The molecule has 0 spiro atoms. The molecular weight excluding hydrogens is 320 g/mol. The van der Waals surface area contributed by atoms with E-state index in [9.17, 15) is 4.79 Å². The normalized spacial score (nSPS) is 15.0. The van der Waals surface area contributed by atoms with Gasteiger partial charge in [-0.2, -0.15) is 0 Å². The monoisotopic (exact) mass is 344 g/mol.